The molecule has 2 aromatic carbocycles. The Balaban J connectivity index is 1.42. The van der Waals surface area contributed by atoms with Crippen molar-refractivity contribution in [1.29, 1.82) is 0 Å². The number of likely N-dealkylation sites (N-methyl/N-ethyl adjacent to an activating group) is 1. The first-order chi connectivity index (χ1) is 21.7. The predicted molar refractivity (Wildman–Crippen MR) is 172 cm³/mol. The van der Waals surface area contributed by atoms with Gasteiger partial charge in [-0.25, -0.2) is 0 Å². The molecule has 2 aromatic rings. The molecular weight excluding hydrogens is 572 g/mol. The maximum Gasteiger partial charge on any atom is 0.255 e. The van der Waals surface area contributed by atoms with Crippen molar-refractivity contribution in [3.05, 3.63) is 59.7 Å². The molecule has 1 fully saturated rings. The summed E-state index contributed by atoms with van der Waals surface area (Å²) < 4.78 is 11.8. The van der Waals surface area contributed by atoms with E-state index in [0.29, 0.717) is 36.9 Å². The predicted octanol–water partition coefficient (Wildman–Crippen LogP) is 4.19. The number of benzene rings is 2. The van der Waals surface area contributed by atoms with Gasteiger partial charge in [0.05, 0.1) is 25.1 Å². The van der Waals surface area contributed by atoms with Crippen LogP contribution in [0.25, 0.3) is 0 Å². The van der Waals surface area contributed by atoms with Crippen LogP contribution in [0.5, 0.6) is 11.5 Å². The van der Waals surface area contributed by atoms with Crippen LogP contribution in [-0.2, 0) is 14.4 Å². The van der Waals surface area contributed by atoms with Gasteiger partial charge in [-0.15, -0.1) is 0 Å². The van der Waals surface area contributed by atoms with Crippen LogP contribution in [0.4, 0.5) is 0 Å². The molecule has 1 saturated carbocycles. The summed E-state index contributed by atoms with van der Waals surface area (Å²) in [6.45, 7) is 7.12. The van der Waals surface area contributed by atoms with Gasteiger partial charge in [-0.3, -0.25) is 19.2 Å². The molecule has 4 amide bonds. The van der Waals surface area contributed by atoms with Gasteiger partial charge in [0.1, 0.15) is 36.8 Å². The molecule has 10 nitrogen and oxygen atoms in total. The highest BCUT2D eigenvalue weighted by Gasteiger charge is 2.30. The highest BCUT2D eigenvalue weighted by Crippen LogP contribution is 2.33. The van der Waals surface area contributed by atoms with E-state index < -0.39 is 29.8 Å². The molecule has 0 unspecified atom stereocenters. The molecule has 0 saturated heterocycles. The van der Waals surface area contributed by atoms with Crippen molar-refractivity contribution < 1.29 is 28.7 Å². The number of fused-ring (bicyclic) bond motifs is 1. The smallest absolute Gasteiger partial charge is 0.255 e. The number of carbonyl (C=O) groups is 4. The average Bonchev–Trinajstić information content (AvgIpc) is 3.04. The Bertz CT molecular complexity index is 1290. The van der Waals surface area contributed by atoms with Crippen molar-refractivity contribution in [1.82, 2.24) is 20.9 Å². The molecule has 1 aliphatic heterocycles. The van der Waals surface area contributed by atoms with E-state index in [0.717, 1.165) is 0 Å². The third kappa shape index (κ3) is 9.96. The average molecular weight is 621 g/mol. The van der Waals surface area contributed by atoms with Gasteiger partial charge in [0, 0.05) is 6.54 Å². The lowest BCUT2D eigenvalue weighted by molar-refractivity contribution is -0.137. The van der Waals surface area contributed by atoms with Crippen LogP contribution in [-0.4, -0.2) is 73.5 Å². The number of para-hydroxylation sites is 1. The fourth-order valence-electron chi connectivity index (χ4n) is 6.01. The van der Waals surface area contributed by atoms with E-state index in [9.17, 15) is 19.2 Å². The van der Waals surface area contributed by atoms with Crippen molar-refractivity contribution >= 4 is 23.6 Å². The Morgan fingerprint density at radius 2 is 1.76 bits per heavy atom. The van der Waals surface area contributed by atoms with Gasteiger partial charge in [0.15, 0.2) is 0 Å². The van der Waals surface area contributed by atoms with Crippen LogP contribution >= 0.6 is 0 Å². The molecule has 0 spiro atoms. The lowest BCUT2D eigenvalue weighted by Gasteiger charge is -2.29. The van der Waals surface area contributed by atoms with Gasteiger partial charge in [-0.1, -0.05) is 57.4 Å². The lowest BCUT2D eigenvalue weighted by atomic mass is 9.84. The molecule has 10 heteroatoms. The zero-order valence-corrected chi connectivity index (χ0v) is 26.8. The Hall–Kier alpha value is -4.08. The van der Waals surface area contributed by atoms with Gasteiger partial charge in [0.2, 0.25) is 17.7 Å². The fourth-order valence-corrected chi connectivity index (χ4v) is 6.01. The summed E-state index contributed by atoms with van der Waals surface area (Å²) in [4.78, 5) is 55.0. The molecule has 244 valence electrons. The Labute approximate surface area is 266 Å². The zero-order chi connectivity index (χ0) is 32.2. The molecule has 4 rings (SSSR count). The topological polar surface area (TPSA) is 126 Å². The molecule has 0 radical (unpaired) electrons. The van der Waals surface area contributed by atoms with E-state index in [1.165, 1.54) is 37.7 Å². The Kier molecular flexibility index (Phi) is 12.7. The second-order valence-corrected chi connectivity index (χ2v) is 12.3. The number of amides is 4. The molecule has 0 bridgehead atoms. The first kappa shape index (κ1) is 33.8. The summed E-state index contributed by atoms with van der Waals surface area (Å²) in [6.07, 6.45) is 6.43. The maximum atomic E-state index is 13.4. The second kappa shape index (κ2) is 16.8. The molecular formula is C35H48N4O6. The molecule has 2 atom stereocenters. The fraction of sp³-hybridized carbons (Fsp3) is 0.543. The summed E-state index contributed by atoms with van der Waals surface area (Å²) in [5, 5.41) is 8.33. The van der Waals surface area contributed by atoms with E-state index in [1.807, 2.05) is 32.9 Å². The Morgan fingerprint density at radius 1 is 1.02 bits per heavy atom. The number of hydrogen-bond donors (Lipinski definition) is 3. The minimum atomic E-state index is -1.18. The van der Waals surface area contributed by atoms with Crippen molar-refractivity contribution in [3.8, 4) is 11.5 Å². The molecule has 0 aromatic heterocycles. The van der Waals surface area contributed by atoms with Gasteiger partial charge in [0.25, 0.3) is 5.91 Å². The number of ether oxygens (including phenoxy) is 2. The number of rotatable bonds is 9. The van der Waals surface area contributed by atoms with E-state index >= 15 is 0 Å². The first-order valence-electron chi connectivity index (χ1n) is 16.4. The highest BCUT2D eigenvalue weighted by atomic mass is 16.5. The second-order valence-electron chi connectivity index (χ2n) is 12.3. The summed E-state index contributed by atoms with van der Waals surface area (Å²) in [6, 6.07) is 12.9. The maximum absolute atomic E-state index is 13.4. The number of nitrogens with zero attached hydrogens (tertiary/aromatic N) is 1. The van der Waals surface area contributed by atoms with Gasteiger partial charge >= 0.3 is 0 Å². The Morgan fingerprint density at radius 3 is 2.47 bits per heavy atom. The van der Waals surface area contributed by atoms with Gasteiger partial charge < -0.3 is 30.3 Å². The number of hydrogen-bond acceptors (Lipinski definition) is 6. The van der Waals surface area contributed by atoms with Crippen LogP contribution in [0.15, 0.2) is 48.5 Å². The first-order valence-corrected chi connectivity index (χ1v) is 16.4. The van der Waals surface area contributed by atoms with E-state index in [4.69, 9.17) is 9.47 Å². The normalized spacial score (nSPS) is 20.4. The van der Waals surface area contributed by atoms with Crippen molar-refractivity contribution in [2.24, 2.45) is 5.92 Å². The van der Waals surface area contributed by atoms with Crippen molar-refractivity contribution in [3.63, 3.8) is 0 Å². The SMILES string of the molecule is CCN1CCOc2ccccc2C(=O)N[C@H](C(=O)NCCOc2ccc(C3CCCCC3)cc2)CC(=O)N[C@H](CC(C)C)C1=O. The number of nitrogens with one attached hydrogen (secondary N) is 3. The summed E-state index contributed by atoms with van der Waals surface area (Å²) in [5.41, 5.74) is 1.57. The summed E-state index contributed by atoms with van der Waals surface area (Å²) in [5.74, 6) is 0.0383. The molecule has 1 aliphatic carbocycles. The van der Waals surface area contributed by atoms with Crippen molar-refractivity contribution in [2.45, 2.75) is 83.7 Å². The van der Waals surface area contributed by atoms with Gasteiger partial charge in [-0.2, -0.15) is 0 Å². The summed E-state index contributed by atoms with van der Waals surface area (Å²) in [7, 11) is 0. The third-order valence-electron chi connectivity index (χ3n) is 8.42. The van der Waals surface area contributed by atoms with Crippen molar-refractivity contribution in [2.75, 3.05) is 32.8 Å². The monoisotopic (exact) mass is 620 g/mol. The van der Waals surface area contributed by atoms with E-state index in [1.54, 1.807) is 29.2 Å². The van der Waals surface area contributed by atoms with E-state index in [2.05, 4.69) is 28.1 Å². The van der Waals surface area contributed by atoms with E-state index in [-0.39, 0.29) is 43.6 Å². The largest absolute Gasteiger partial charge is 0.492 e. The molecule has 2 aliphatic rings. The van der Waals surface area contributed by atoms with Crippen LogP contribution < -0.4 is 25.4 Å². The summed E-state index contributed by atoms with van der Waals surface area (Å²) >= 11 is 0. The third-order valence-corrected chi connectivity index (χ3v) is 8.42. The molecule has 3 N–H and O–H groups in total. The zero-order valence-electron chi connectivity index (χ0n) is 26.8. The lowest BCUT2D eigenvalue weighted by Crippen LogP contribution is -2.53. The van der Waals surface area contributed by atoms with Crippen LogP contribution in [0.2, 0.25) is 0 Å². The van der Waals surface area contributed by atoms with Crippen LogP contribution in [0.3, 0.4) is 0 Å². The minimum absolute atomic E-state index is 0.141. The van der Waals surface area contributed by atoms with Crippen LogP contribution in [0, 0.1) is 5.92 Å². The quantitative estimate of drug-likeness (QED) is 0.361. The van der Waals surface area contributed by atoms with Crippen LogP contribution in [0.1, 0.15) is 87.6 Å². The molecule has 1 heterocycles. The highest BCUT2D eigenvalue weighted by molar-refractivity contribution is 6.01. The minimum Gasteiger partial charge on any atom is -0.492 e. The van der Waals surface area contributed by atoms with Gasteiger partial charge in [-0.05, 0) is 67.9 Å². The molecule has 45 heavy (non-hydrogen) atoms. The standard InChI is InChI=1S/C35H48N4O6/c1-4-39-19-21-45-31-13-9-8-12-28(31)33(41)38-29(23-32(40)37-30(35(39)43)22-24(2)3)34(42)36-18-20-44-27-16-14-26(15-17-27)25-10-6-5-7-11-25/h8-9,12-17,24-25,29-30H,4-7,10-11,18-23H2,1-3H3,(H,36,42)(H,37,40)(H,38,41)/t29-,30+/m0/s1. The number of carbonyl (C=O) groups excluding carboxylic acids is 4.